The summed E-state index contributed by atoms with van der Waals surface area (Å²) in [5.41, 5.74) is 3.77. The molecule has 0 bridgehead atoms. The molecule has 1 atom stereocenters. The number of aryl methyl sites for hydroxylation is 2. The van der Waals surface area contributed by atoms with Crippen LogP contribution in [0.2, 0.25) is 0 Å². The number of hydrogen-bond acceptors (Lipinski definition) is 3. The van der Waals surface area contributed by atoms with E-state index in [9.17, 15) is 9.59 Å². The third kappa shape index (κ3) is 5.34. The minimum atomic E-state index is -0.744. The van der Waals surface area contributed by atoms with E-state index in [4.69, 9.17) is 4.74 Å². The van der Waals surface area contributed by atoms with Crippen LogP contribution in [0.25, 0.3) is 0 Å². The van der Waals surface area contributed by atoms with Crippen molar-refractivity contribution in [3.05, 3.63) is 65.2 Å². The molecule has 0 aliphatic heterocycles. The molecule has 26 heavy (non-hydrogen) atoms. The molecular weight excluding hydrogens is 328 g/mol. The lowest BCUT2D eigenvalue weighted by Gasteiger charge is -2.19. The molecule has 0 aliphatic carbocycles. The molecule has 0 saturated carbocycles. The molecule has 0 aromatic heterocycles. The second-order valence-electron chi connectivity index (χ2n) is 6.06. The Morgan fingerprint density at radius 3 is 2.42 bits per heavy atom. The van der Waals surface area contributed by atoms with E-state index in [0.717, 1.165) is 28.8 Å². The first-order valence-electron chi connectivity index (χ1n) is 8.91. The van der Waals surface area contributed by atoms with Crippen molar-refractivity contribution in [2.45, 2.75) is 39.7 Å². The number of benzene rings is 2. The van der Waals surface area contributed by atoms with Crippen LogP contribution in [0.1, 0.15) is 30.5 Å². The van der Waals surface area contributed by atoms with Crippen LogP contribution in [0.3, 0.4) is 0 Å². The van der Waals surface area contributed by atoms with Gasteiger partial charge in [-0.3, -0.25) is 0 Å². The number of rotatable bonds is 7. The lowest BCUT2D eigenvalue weighted by atomic mass is 10.1. The second-order valence-corrected chi connectivity index (χ2v) is 6.06. The number of anilines is 1. The number of esters is 1. The van der Waals surface area contributed by atoms with E-state index < -0.39 is 18.0 Å². The Morgan fingerprint density at radius 1 is 1.04 bits per heavy atom. The van der Waals surface area contributed by atoms with Crippen LogP contribution < -0.4 is 10.6 Å². The van der Waals surface area contributed by atoms with Gasteiger partial charge >= 0.3 is 12.0 Å². The predicted octanol–water partition coefficient (Wildman–Crippen LogP) is 3.85. The van der Waals surface area contributed by atoms with E-state index in [1.165, 1.54) is 0 Å². The first kappa shape index (κ1) is 19.5. The molecule has 2 amide bonds. The average Bonchev–Trinajstić information content (AvgIpc) is 2.64. The maximum atomic E-state index is 12.5. The van der Waals surface area contributed by atoms with Gasteiger partial charge in [-0.2, -0.15) is 0 Å². The number of amides is 2. The largest absolute Gasteiger partial charge is 0.464 e. The number of carbonyl (C=O) groups excluding carboxylic acids is 2. The molecule has 0 spiro atoms. The predicted molar refractivity (Wildman–Crippen MR) is 103 cm³/mol. The summed E-state index contributed by atoms with van der Waals surface area (Å²) in [5, 5.41) is 5.64. The van der Waals surface area contributed by atoms with Gasteiger partial charge in [0.15, 0.2) is 0 Å². The maximum absolute atomic E-state index is 12.5. The number of para-hydroxylation sites is 1. The molecule has 0 heterocycles. The third-order valence-corrected chi connectivity index (χ3v) is 4.14. The molecule has 2 N–H and O–H groups in total. The minimum Gasteiger partial charge on any atom is -0.464 e. The van der Waals surface area contributed by atoms with Crippen LogP contribution in [0.4, 0.5) is 10.5 Å². The van der Waals surface area contributed by atoms with Crippen molar-refractivity contribution in [2.75, 3.05) is 11.9 Å². The van der Waals surface area contributed by atoms with Crippen molar-refractivity contribution in [1.82, 2.24) is 5.32 Å². The first-order chi connectivity index (χ1) is 12.5. The summed E-state index contributed by atoms with van der Waals surface area (Å²) in [5.74, 6) is -0.438. The zero-order chi connectivity index (χ0) is 18.9. The van der Waals surface area contributed by atoms with E-state index >= 15 is 0 Å². The summed E-state index contributed by atoms with van der Waals surface area (Å²) >= 11 is 0. The van der Waals surface area contributed by atoms with Crippen molar-refractivity contribution in [3.63, 3.8) is 0 Å². The zero-order valence-electron chi connectivity index (χ0n) is 15.5. The lowest BCUT2D eigenvalue weighted by molar-refractivity contribution is -0.145. The Bertz CT molecular complexity index is 744. The van der Waals surface area contributed by atoms with Crippen molar-refractivity contribution in [1.29, 1.82) is 0 Å². The molecule has 2 rings (SSSR count). The van der Waals surface area contributed by atoms with Crippen molar-refractivity contribution in [2.24, 2.45) is 0 Å². The highest BCUT2D eigenvalue weighted by Crippen LogP contribution is 2.21. The SMILES string of the molecule is CCOC(=O)C(Cc1ccccc1)NC(=O)Nc1c(C)cccc1CC. The molecule has 138 valence electrons. The van der Waals surface area contributed by atoms with Gasteiger partial charge in [-0.05, 0) is 37.0 Å². The van der Waals surface area contributed by atoms with Gasteiger partial charge in [-0.1, -0.05) is 55.5 Å². The fourth-order valence-electron chi connectivity index (χ4n) is 2.80. The molecule has 0 saturated heterocycles. The standard InChI is InChI=1S/C21H26N2O3/c1-4-17-13-9-10-15(3)19(17)23-21(25)22-18(20(24)26-5-2)14-16-11-7-6-8-12-16/h6-13,18H,4-5,14H2,1-3H3,(H2,22,23,25). The van der Waals surface area contributed by atoms with Crippen LogP contribution in [-0.4, -0.2) is 24.6 Å². The number of urea groups is 1. The molecule has 2 aromatic rings. The van der Waals surface area contributed by atoms with Crippen LogP contribution in [0.15, 0.2) is 48.5 Å². The molecule has 5 nitrogen and oxygen atoms in total. The second kappa shape index (κ2) is 9.61. The van der Waals surface area contributed by atoms with Crippen LogP contribution >= 0.6 is 0 Å². The van der Waals surface area contributed by atoms with Crippen molar-refractivity contribution in [3.8, 4) is 0 Å². The van der Waals surface area contributed by atoms with Gasteiger partial charge in [0.25, 0.3) is 0 Å². The van der Waals surface area contributed by atoms with E-state index in [1.54, 1.807) is 6.92 Å². The smallest absolute Gasteiger partial charge is 0.329 e. The maximum Gasteiger partial charge on any atom is 0.329 e. The molecule has 5 heteroatoms. The number of ether oxygens (including phenoxy) is 1. The molecule has 0 aliphatic rings. The molecule has 0 radical (unpaired) electrons. The van der Waals surface area contributed by atoms with E-state index in [0.29, 0.717) is 6.42 Å². The Kier molecular flexibility index (Phi) is 7.21. The first-order valence-corrected chi connectivity index (χ1v) is 8.91. The summed E-state index contributed by atoms with van der Waals surface area (Å²) in [6.07, 6.45) is 1.18. The summed E-state index contributed by atoms with van der Waals surface area (Å²) in [4.78, 5) is 24.8. The monoisotopic (exact) mass is 354 g/mol. The zero-order valence-corrected chi connectivity index (χ0v) is 15.5. The quantitative estimate of drug-likeness (QED) is 0.742. The Balaban J connectivity index is 2.12. The minimum absolute atomic E-state index is 0.269. The Labute approximate surface area is 154 Å². The van der Waals surface area contributed by atoms with E-state index in [1.807, 2.05) is 62.4 Å². The van der Waals surface area contributed by atoms with Gasteiger partial charge < -0.3 is 15.4 Å². The van der Waals surface area contributed by atoms with Gasteiger partial charge in [0, 0.05) is 12.1 Å². The highest BCUT2D eigenvalue weighted by Gasteiger charge is 2.23. The highest BCUT2D eigenvalue weighted by atomic mass is 16.5. The van der Waals surface area contributed by atoms with Gasteiger partial charge in [-0.15, -0.1) is 0 Å². The molecule has 1 unspecified atom stereocenters. The van der Waals surface area contributed by atoms with Crippen LogP contribution in [-0.2, 0) is 22.4 Å². The topological polar surface area (TPSA) is 67.4 Å². The van der Waals surface area contributed by atoms with Crippen LogP contribution in [0.5, 0.6) is 0 Å². The van der Waals surface area contributed by atoms with E-state index in [2.05, 4.69) is 10.6 Å². The average molecular weight is 354 g/mol. The van der Waals surface area contributed by atoms with E-state index in [-0.39, 0.29) is 6.61 Å². The normalized spacial score (nSPS) is 11.5. The number of hydrogen-bond donors (Lipinski definition) is 2. The third-order valence-electron chi connectivity index (χ3n) is 4.14. The molecule has 0 fully saturated rings. The summed E-state index contributed by atoms with van der Waals surface area (Å²) in [6.45, 7) is 6.00. The van der Waals surface area contributed by atoms with Gasteiger partial charge in [0.05, 0.1) is 6.61 Å². The van der Waals surface area contributed by atoms with Gasteiger partial charge in [0.1, 0.15) is 6.04 Å². The van der Waals surface area contributed by atoms with Crippen molar-refractivity contribution < 1.29 is 14.3 Å². The van der Waals surface area contributed by atoms with Gasteiger partial charge in [-0.25, -0.2) is 9.59 Å². The Hall–Kier alpha value is -2.82. The summed E-state index contributed by atoms with van der Waals surface area (Å²) in [6, 6.07) is 14.3. The Morgan fingerprint density at radius 2 is 1.77 bits per heavy atom. The van der Waals surface area contributed by atoms with Crippen LogP contribution in [0, 0.1) is 6.92 Å². The molecular formula is C21H26N2O3. The number of carbonyl (C=O) groups is 2. The van der Waals surface area contributed by atoms with Crippen molar-refractivity contribution >= 4 is 17.7 Å². The fourth-order valence-corrected chi connectivity index (χ4v) is 2.80. The number of nitrogens with one attached hydrogen (secondary N) is 2. The highest BCUT2D eigenvalue weighted by molar-refractivity contribution is 5.94. The summed E-state index contributed by atoms with van der Waals surface area (Å²) < 4.78 is 5.11. The summed E-state index contributed by atoms with van der Waals surface area (Å²) in [7, 11) is 0. The fraction of sp³-hybridized carbons (Fsp3) is 0.333. The lowest BCUT2D eigenvalue weighted by Crippen LogP contribution is -2.45. The molecule has 2 aromatic carbocycles. The van der Waals surface area contributed by atoms with Gasteiger partial charge in [0.2, 0.25) is 0 Å².